The molecule has 0 spiro atoms. The molecule has 2 atom stereocenters. The number of amides is 3. The first-order valence-corrected chi connectivity index (χ1v) is 12.3. The third kappa shape index (κ3) is 7.02. The maximum atomic E-state index is 12.9. The van der Waals surface area contributed by atoms with Gasteiger partial charge in [-0.25, -0.2) is 14.8 Å². The van der Waals surface area contributed by atoms with Crippen molar-refractivity contribution in [2.24, 2.45) is 5.92 Å². The second-order valence-corrected chi connectivity index (χ2v) is 10.6. The molecule has 196 valence electrons. The summed E-state index contributed by atoms with van der Waals surface area (Å²) in [7, 11) is 1.67. The maximum absolute atomic E-state index is 12.9. The minimum Gasteiger partial charge on any atom is -0.391 e. The lowest BCUT2D eigenvalue weighted by Gasteiger charge is -2.30. The van der Waals surface area contributed by atoms with Crippen molar-refractivity contribution in [1.29, 1.82) is 0 Å². The first-order chi connectivity index (χ1) is 16.8. The van der Waals surface area contributed by atoms with Crippen LogP contribution in [0.3, 0.4) is 0 Å². The first kappa shape index (κ1) is 27.1. The smallest absolute Gasteiger partial charge is 0.391 e. The third-order valence-electron chi connectivity index (χ3n) is 6.13. The van der Waals surface area contributed by atoms with Crippen LogP contribution in [0.15, 0.2) is 12.3 Å². The van der Waals surface area contributed by atoms with Gasteiger partial charge >= 0.3 is 6.09 Å². The maximum Gasteiger partial charge on any atom is 0.416 e. The van der Waals surface area contributed by atoms with Crippen LogP contribution >= 0.6 is 0 Å². The standard InChI is InChI=1S/C25H37N7O4/c1-14(2)27-21-20-17(12-19(29-21)36-24(35)32(7)25(4,5)6)13-26-23(30-20)31-22(34)16-9-8-10-18(11-16)28-15(3)33/h12-14,16,18H,8-11H2,1-7H3,(H,27,29)(H,28,33)(H,26,30,31,34)/t16-,18+/m0/s1. The number of aromatic nitrogens is 3. The van der Waals surface area contributed by atoms with Gasteiger partial charge in [0.25, 0.3) is 0 Å². The number of anilines is 2. The average molecular weight is 500 g/mol. The van der Waals surface area contributed by atoms with E-state index < -0.39 is 11.6 Å². The van der Waals surface area contributed by atoms with Crippen LogP contribution in [0.25, 0.3) is 10.9 Å². The Hall–Kier alpha value is -3.50. The summed E-state index contributed by atoms with van der Waals surface area (Å²) in [5.74, 6) is 0.212. The SMILES string of the molecule is CC(=O)N[C@@H]1CCC[C@H](C(=O)Nc2ncc3cc(OC(=O)N(C)C(C)(C)C)nc(NC(C)C)c3n2)C1. The summed E-state index contributed by atoms with van der Waals surface area (Å²) in [4.78, 5) is 51.7. The Kier molecular flexibility index (Phi) is 8.31. The highest BCUT2D eigenvalue weighted by molar-refractivity contribution is 5.94. The largest absolute Gasteiger partial charge is 0.416 e. The van der Waals surface area contributed by atoms with Crippen LogP contribution in [-0.2, 0) is 9.59 Å². The molecule has 1 aliphatic carbocycles. The third-order valence-corrected chi connectivity index (χ3v) is 6.13. The molecule has 2 heterocycles. The van der Waals surface area contributed by atoms with Gasteiger partial charge in [0.2, 0.25) is 23.6 Å². The number of carbonyl (C=O) groups is 3. The van der Waals surface area contributed by atoms with E-state index in [0.29, 0.717) is 23.1 Å². The van der Waals surface area contributed by atoms with Crippen LogP contribution in [0.2, 0.25) is 0 Å². The van der Waals surface area contributed by atoms with E-state index in [4.69, 9.17) is 4.74 Å². The summed E-state index contributed by atoms with van der Waals surface area (Å²) in [5, 5.41) is 9.56. The summed E-state index contributed by atoms with van der Waals surface area (Å²) < 4.78 is 5.53. The molecule has 2 aromatic rings. The van der Waals surface area contributed by atoms with E-state index >= 15 is 0 Å². The van der Waals surface area contributed by atoms with E-state index in [1.807, 2.05) is 34.6 Å². The van der Waals surface area contributed by atoms with E-state index in [0.717, 1.165) is 19.3 Å². The van der Waals surface area contributed by atoms with Gasteiger partial charge in [-0.05, 0) is 53.9 Å². The zero-order valence-corrected chi connectivity index (χ0v) is 22.1. The number of nitrogens with zero attached hydrogens (tertiary/aromatic N) is 4. The van der Waals surface area contributed by atoms with Gasteiger partial charge in [0.15, 0.2) is 5.82 Å². The van der Waals surface area contributed by atoms with Crippen LogP contribution in [0.5, 0.6) is 5.88 Å². The quantitative estimate of drug-likeness (QED) is 0.547. The van der Waals surface area contributed by atoms with Gasteiger partial charge in [-0.1, -0.05) is 6.42 Å². The highest BCUT2D eigenvalue weighted by Crippen LogP contribution is 2.28. The van der Waals surface area contributed by atoms with Crippen molar-refractivity contribution in [3.8, 4) is 5.88 Å². The Morgan fingerprint density at radius 1 is 1.17 bits per heavy atom. The van der Waals surface area contributed by atoms with Gasteiger partial charge in [0, 0.05) is 55.2 Å². The molecule has 36 heavy (non-hydrogen) atoms. The van der Waals surface area contributed by atoms with Crippen LogP contribution in [0.1, 0.15) is 67.2 Å². The Morgan fingerprint density at radius 2 is 1.89 bits per heavy atom. The van der Waals surface area contributed by atoms with Gasteiger partial charge in [-0.15, -0.1) is 0 Å². The zero-order chi connectivity index (χ0) is 26.6. The van der Waals surface area contributed by atoms with Crippen molar-refractivity contribution in [1.82, 2.24) is 25.2 Å². The van der Waals surface area contributed by atoms with E-state index in [-0.39, 0.29) is 41.6 Å². The monoisotopic (exact) mass is 499 g/mol. The fourth-order valence-electron chi connectivity index (χ4n) is 3.99. The molecule has 2 aromatic heterocycles. The summed E-state index contributed by atoms with van der Waals surface area (Å²) >= 11 is 0. The van der Waals surface area contributed by atoms with Crippen molar-refractivity contribution in [2.45, 2.75) is 84.8 Å². The summed E-state index contributed by atoms with van der Waals surface area (Å²) in [6.45, 7) is 11.1. The summed E-state index contributed by atoms with van der Waals surface area (Å²) in [6.07, 6.45) is 4.09. The van der Waals surface area contributed by atoms with Gasteiger partial charge in [0.05, 0.1) is 0 Å². The van der Waals surface area contributed by atoms with Crippen molar-refractivity contribution >= 4 is 40.6 Å². The number of rotatable bonds is 6. The van der Waals surface area contributed by atoms with Gasteiger partial charge in [0.1, 0.15) is 5.52 Å². The summed E-state index contributed by atoms with van der Waals surface area (Å²) in [6, 6.07) is 1.62. The second-order valence-electron chi connectivity index (χ2n) is 10.6. The molecule has 3 rings (SSSR count). The molecule has 0 aliphatic heterocycles. The molecule has 3 amide bonds. The Balaban J connectivity index is 1.82. The van der Waals surface area contributed by atoms with Gasteiger partial charge in [-0.2, -0.15) is 4.98 Å². The molecule has 11 nitrogen and oxygen atoms in total. The first-order valence-electron chi connectivity index (χ1n) is 12.3. The van der Waals surface area contributed by atoms with Crippen molar-refractivity contribution in [3.63, 3.8) is 0 Å². The van der Waals surface area contributed by atoms with Crippen LogP contribution in [0.4, 0.5) is 16.6 Å². The number of carbonyl (C=O) groups excluding carboxylic acids is 3. The van der Waals surface area contributed by atoms with Gasteiger partial charge < -0.3 is 20.3 Å². The number of fused-ring (bicyclic) bond motifs is 1. The van der Waals surface area contributed by atoms with E-state index in [2.05, 4.69) is 30.9 Å². The molecular weight excluding hydrogens is 462 g/mol. The lowest BCUT2D eigenvalue weighted by Crippen LogP contribution is -2.44. The molecule has 1 aliphatic rings. The number of ether oxygens (including phenoxy) is 1. The predicted octanol–water partition coefficient (Wildman–Crippen LogP) is 3.71. The molecule has 0 aromatic carbocycles. The van der Waals surface area contributed by atoms with Crippen molar-refractivity contribution in [2.75, 3.05) is 17.7 Å². The molecule has 0 radical (unpaired) electrons. The Labute approximate surface area is 211 Å². The highest BCUT2D eigenvalue weighted by Gasteiger charge is 2.28. The molecule has 1 fully saturated rings. The summed E-state index contributed by atoms with van der Waals surface area (Å²) in [5.41, 5.74) is 0.0849. The minimum atomic E-state index is -0.528. The van der Waals surface area contributed by atoms with Crippen LogP contribution in [-0.4, -0.2) is 62.4 Å². The average Bonchev–Trinajstić information content (AvgIpc) is 2.77. The minimum absolute atomic E-state index is 0.00553. The lowest BCUT2D eigenvalue weighted by molar-refractivity contribution is -0.123. The number of nitrogens with one attached hydrogen (secondary N) is 3. The molecular formula is C25H37N7O4. The lowest BCUT2D eigenvalue weighted by atomic mass is 9.85. The van der Waals surface area contributed by atoms with Crippen LogP contribution in [0, 0.1) is 5.92 Å². The normalized spacial score (nSPS) is 18.0. The molecule has 0 bridgehead atoms. The Morgan fingerprint density at radius 3 is 2.53 bits per heavy atom. The fourth-order valence-corrected chi connectivity index (χ4v) is 3.99. The predicted molar refractivity (Wildman–Crippen MR) is 138 cm³/mol. The molecule has 3 N–H and O–H groups in total. The molecule has 0 unspecified atom stereocenters. The number of pyridine rings is 1. The topological polar surface area (TPSA) is 138 Å². The van der Waals surface area contributed by atoms with Gasteiger partial charge in [-0.3, -0.25) is 14.9 Å². The highest BCUT2D eigenvalue weighted by atomic mass is 16.6. The fraction of sp³-hybridized carbons (Fsp3) is 0.600. The second kappa shape index (κ2) is 11.0. The molecule has 1 saturated carbocycles. The van der Waals surface area contributed by atoms with Crippen molar-refractivity contribution < 1.29 is 19.1 Å². The van der Waals surface area contributed by atoms with Crippen molar-refractivity contribution in [3.05, 3.63) is 12.3 Å². The van der Waals surface area contributed by atoms with Crippen LogP contribution < -0.4 is 20.7 Å². The number of hydrogen-bond acceptors (Lipinski definition) is 8. The Bertz CT molecular complexity index is 1130. The van der Waals surface area contributed by atoms with E-state index in [1.54, 1.807) is 19.3 Å². The molecule has 0 saturated heterocycles. The number of hydrogen-bond donors (Lipinski definition) is 3. The molecule has 11 heteroatoms. The zero-order valence-electron chi connectivity index (χ0n) is 22.1. The van der Waals surface area contributed by atoms with E-state index in [1.165, 1.54) is 11.8 Å². The van der Waals surface area contributed by atoms with E-state index in [9.17, 15) is 14.4 Å².